The van der Waals surface area contributed by atoms with E-state index in [1.807, 2.05) is 36.4 Å². The van der Waals surface area contributed by atoms with E-state index in [4.69, 9.17) is 23.2 Å². The van der Waals surface area contributed by atoms with Crippen LogP contribution in [-0.4, -0.2) is 11.7 Å². The fourth-order valence-electron chi connectivity index (χ4n) is 2.22. The Hall–Kier alpha value is -0.680. The van der Waals surface area contributed by atoms with Crippen LogP contribution in [0.3, 0.4) is 0 Å². The maximum atomic E-state index is 12.2. The highest BCUT2D eigenvalue weighted by Gasteiger charge is 2.34. The first-order chi connectivity index (χ1) is 10.1. The van der Waals surface area contributed by atoms with Gasteiger partial charge in [0.1, 0.15) is 5.37 Å². The average Bonchev–Trinajstić information content (AvgIpc) is 2.85. The maximum Gasteiger partial charge on any atom is 0.238 e. The number of amides is 1. The van der Waals surface area contributed by atoms with Gasteiger partial charge < -0.3 is 0 Å². The van der Waals surface area contributed by atoms with Crippen molar-refractivity contribution in [2.24, 2.45) is 0 Å². The molecule has 1 aliphatic heterocycles. The number of benzene rings is 2. The number of carbonyl (C=O) groups excluding carboxylic acids is 1. The summed E-state index contributed by atoms with van der Waals surface area (Å²) in [7, 11) is 0. The minimum absolute atomic E-state index is 0.0755. The van der Waals surface area contributed by atoms with Crippen LogP contribution in [0.4, 0.5) is 5.69 Å². The van der Waals surface area contributed by atoms with Crippen molar-refractivity contribution in [3.8, 4) is 0 Å². The molecule has 21 heavy (non-hydrogen) atoms. The zero-order valence-electron chi connectivity index (χ0n) is 10.7. The highest BCUT2D eigenvalue weighted by Crippen LogP contribution is 2.43. The van der Waals surface area contributed by atoms with Crippen LogP contribution >= 0.6 is 50.9 Å². The molecule has 1 aliphatic rings. The van der Waals surface area contributed by atoms with Crippen LogP contribution in [0.25, 0.3) is 0 Å². The monoisotopic (exact) mass is 401 g/mol. The van der Waals surface area contributed by atoms with Crippen molar-refractivity contribution in [3.63, 3.8) is 0 Å². The van der Waals surface area contributed by atoms with E-state index < -0.39 is 0 Å². The second kappa shape index (κ2) is 6.21. The SMILES string of the molecule is O=C1CS[C@@H](c2ccc(Cl)c(Cl)c2)N1c1ccc(Br)cc1. The Bertz CT molecular complexity index is 693. The lowest BCUT2D eigenvalue weighted by molar-refractivity contribution is -0.115. The van der Waals surface area contributed by atoms with Gasteiger partial charge in [-0.2, -0.15) is 0 Å². The lowest BCUT2D eigenvalue weighted by Gasteiger charge is -2.24. The van der Waals surface area contributed by atoms with Crippen molar-refractivity contribution in [1.29, 1.82) is 0 Å². The summed E-state index contributed by atoms with van der Waals surface area (Å²) >= 11 is 17.0. The molecule has 2 nitrogen and oxygen atoms in total. The molecule has 0 radical (unpaired) electrons. The Morgan fingerprint density at radius 2 is 1.81 bits per heavy atom. The minimum atomic E-state index is -0.0755. The molecule has 2 aromatic rings. The fourth-order valence-corrected chi connectivity index (χ4v) is 3.96. The van der Waals surface area contributed by atoms with Gasteiger partial charge in [0.25, 0.3) is 0 Å². The molecule has 1 heterocycles. The third-order valence-corrected chi connectivity index (χ3v) is 5.68. The molecule has 0 bridgehead atoms. The van der Waals surface area contributed by atoms with E-state index in [1.54, 1.807) is 22.7 Å². The molecule has 0 aromatic heterocycles. The standard InChI is InChI=1S/C15H10BrCl2NOS/c16-10-2-4-11(5-3-10)19-14(20)8-21-15(19)9-1-6-12(17)13(18)7-9/h1-7,15H,8H2/t15-/m0/s1. The molecule has 1 saturated heterocycles. The first-order valence-corrected chi connectivity index (χ1v) is 8.80. The number of rotatable bonds is 2. The zero-order chi connectivity index (χ0) is 15.0. The van der Waals surface area contributed by atoms with Gasteiger partial charge in [-0.25, -0.2) is 0 Å². The molecule has 0 N–H and O–H groups in total. The number of nitrogens with zero attached hydrogens (tertiary/aromatic N) is 1. The average molecular weight is 403 g/mol. The number of hydrogen-bond acceptors (Lipinski definition) is 2. The van der Waals surface area contributed by atoms with Crippen LogP contribution in [0.1, 0.15) is 10.9 Å². The largest absolute Gasteiger partial charge is 0.295 e. The third-order valence-electron chi connectivity index (χ3n) is 3.20. The zero-order valence-corrected chi connectivity index (χ0v) is 14.6. The van der Waals surface area contributed by atoms with Crippen molar-refractivity contribution in [2.75, 3.05) is 10.7 Å². The van der Waals surface area contributed by atoms with Crippen LogP contribution in [0, 0.1) is 0 Å². The molecule has 1 fully saturated rings. The van der Waals surface area contributed by atoms with Gasteiger partial charge in [0.15, 0.2) is 0 Å². The minimum Gasteiger partial charge on any atom is -0.295 e. The molecule has 1 atom stereocenters. The van der Waals surface area contributed by atoms with E-state index in [2.05, 4.69) is 15.9 Å². The third kappa shape index (κ3) is 3.09. The summed E-state index contributed by atoms with van der Waals surface area (Å²) in [5, 5.41) is 0.947. The van der Waals surface area contributed by atoms with Gasteiger partial charge in [0.05, 0.1) is 15.8 Å². The quantitative estimate of drug-likeness (QED) is 0.657. The van der Waals surface area contributed by atoms with E-state index in [9.17, 15) is 4.79 Å². The highest BCUT2D eigenvalue weighted by molar-refractivity contribution is 9.10. The molecule has 108 valence electrons. The molecule has 0 aliphatic carbocycles. The maximum absolute atomic E-state index is 12.2. The Morgan fingerprint density at radius 1 is 1.10 bits per heavy atom. The van der Waals surface area contributed by atoms with Gasteiger partial charge in [-0.1, -0.05) is 45.2 Å². The predicted octanol–water partition coefficient (Wildman–Crippen LogP) is 5.53. The van der Waals surface area contributed by atoms with Crippen LogP contribution in [-0.2, 0) is 4.79 Å². The summed E-state index contributed by atoms with van der Waals surface area (Å²) in [5.74, 6) is 0.555. The molecule has 2 aromatic carbocycles. The molecule has 0 saturated carbocycles. The summed E-state index contributed by atoms with van der Waals surface area (Å²) in [5.41, 5.74) is 1.85. The van der Waals surface area contributed by atoms with Crippen molar-refractivity contribution >= 4 is 62.5 Å². The highest BCUT2D eigenvalue weighted by atomic mass is 79.9. The van der Waals surface area contributed by atoms with Crippen LogP contribution in [0.15, 0.2) is 46.9 Å². The number of thioether (sulfide) groups is 1. The number of halogens is 3. The van der Waals surface area contributed by atoms with Crippen LogP contribution in [0.2, 0.25) is 10.0 Å². The summed E-state index contributed by atoms with van der Waals surface area (Å²) < 4.78 is 0.983. The summed E-state index contributed by atoms with van der Waals surface area (Å²) in [6, 6.07) is 13.2. The van der Waals surface area contributed by atoms with E-state index in [1.165, 1.54) is 0 Å². The Labute approximate surface area is 145 Å². The first-order valence-electron chi connectivity index (χ1n) is 6.20. The topological polar surface area (TPSA) is 20.3 Å². The van der Waals surface area contributed by atoms with Crippen molar-refractivity contribution < 1.29 is 4.79 Å². The molecule has 1 amide bonds. The lowest BCUT2D eigenvalue weighted by Crippen LogP contribution is -2.27. The molecule has 0 spiro atoms. The van der Waals surface area contributed by atoms with Crippen LogP contribution < -0.4 is 4.90 Å². The van der Waals surface area contributed by atoms with Crippen molar-refractivity contribution in [2.45, 2.75) is 5.37 Å². The smallest absolute Gasteiger partial charge is 0.238 e. The van der Waals surface area contributed by atoms with E-state index in [0.717, 1.165) is 15.7 Å². The van der Waals surface area contributed by atoms with Gasteiger partial charge in [0.2, 0.25) is 5.91 Å². The van der Waals surface area contributed by atoms with E-state index >= 15 is 0 Å². The lowest BCUT2D eigenvalue weighted by atomic mass is 10.2. The van der Waals surface area contributed by atoms with Crippen LogP contribution in [0.5, 0.6) is 0 Å². The second-order valence-corrected chi connectivity index (χ2v) is 7.38. The van der Waals surface area contributed by atoms with Gasteiger partial charge >= 0.3 is 0 Å². The summed E-state index contributed by atoms with van der Waals surface area (Å²) in [4.78, 5) is 14.0. The first kappa shape index (κ1) is 15.2. The molecule has 0 unspecified atom stereocenters. The van der Waals surface area contributed by atoms with E-state index in [-0.39, 0.29) is 11.3 Å². The fraction of sp³-hybridized carbons (Fsp3) is 0.133. The number of anilines is 1. The molecule has 6 heteroatoms. The van der Waals surface area contributed by atoms with Crippen molar-refractivity contribution in [1.82, 2.24) is 0 Å². The van der Waals surface area contributed by atoms with E-state index in [0.29, 0.717) is 15.8 Å². The normalized spacial score (nSPS) is 18.3. The predicted molar refractivity (Wildman–Crippen MR) is 93.3 cm³/mol. The van der Waals surface area contributed by atoms with Crippen molar-refractivity contribution in [3.05, 3.63) is 62.5 Å². The van der Waals surface area contributed by atoms with Gasteiger partial charge in [-0.3, -0.25) is 9.69 Å². The molecular formula is C15H10BrCl2NOS. The summed E-state index contributed by atoms with van der Waals surface area (Å²) in [6.45, 7) is 0. The second-order valence-electron chi connectivity index (χ2n) is 4.58. The number of hydrogen-bond donors (Lipinski definition) is 0. The Kier molecular flexibility index (Phi) is 4.50. The van der Waals surface area contributed by atoms with Gasteiger partial charge in [0, 0.05) is 10.2 Å². The Balaban J connectivity index is 1.99. The van der Waals surface area contributed by atoms with Gasteiger partial charge in [-0.15, -0.1) is 11.8 Å². The summed E-state index contributed by atoms with van der Waals surface area (Å²) in [6.07, 6.45) is 0. The number of carbonyl (C=O) groups is 1. The Morgan fingerprint density at radius 3 is 2.48 bits per heavy atom. The molecular weight excluding hydrogens is 393 g/mol. The van der Waals surface area contributed by atoms with Gasteiger partial charge in [-0.05, 0) is 42.0 Å². The molecule has 3 rings (SSSR count).